The van der Waals surface area contributed by atoms with Crippen LogP contribution in [0.25, 0.3) is 0 Å². The fourth-order valence-electron chi connectivity index (χ4n) is 2.29. The van der Waals surface area contributed by atoms with Crippen LogP contribution in [0.15, 0.2) is 16.6 Å². The van der Waals surface area contributed by atoms with Gasteiger partial charge in [-0.25, -0.2) is 0 Å². The number of carbonyl (C=O) groups is 1. The molecule has 118 valence electrons. The van der Waals surface area contributed by atoms with Gasteiger partial charge in [0, 0.05) is 22.5 Å². The second kappa shape index (κ2) is 8.39. The highest BCUT2D eigenvalue weighted by Crippen LogP contribution is 2.33. The lowest BCUT2D eigenvalue weighted by Crippen LogP contribution is -2.18. The summed E-state index contributed by atoms with van der Waals surface area (Å²) in [6.45, 7) is 6.23. The molecule has 0 bridgehead atoms. The van der Waals surface area contributed by atoms with Gasteiger partial charge < -0.3 is 15.2 Å². The molecule has 4 nitrogen and oxygen atoms in total. The molecule has 0 aliphatic rings. The van der Waals surface area contributed by atoms with Gasteiger partial charge in [0.05, 0.1) is 13.7 Å². The maximum atomic E-state index is 11.5. The summed E-state index contributed by atoms with van der Waals surface area (Å²) in [5.41, 5.74) is 8.34. The second-order valence-corrected chi connectivity index (χ2v) is 6.15. The summed E-state index contributed by atoms with van der Waals surface area (Å²) >= 11 is 3.52. The molecule has 0 amide bonds. The van der Waals surface area contributed by atoms with Gasteiger partial charge in [-0.2, -0.15) is 0 Å². The van der Waals surface area contributed by atoms with E-state index >= 15 is 0 Å². The van der Waals surface area contributed by atoms with Crippen molar-refractivity contribution in [2.75, 3.05) is 13.7 Å². The van der Waals surface area contributed by atoms with Crippen LogP contribution in [0.1, 0.15) is 43.9 Å². The van der Waals surface area contributed by atoms with Gasteiger partial charge in [0.2, 0.25) is 0 Å². The molecule has 0 spiro atoms. The topological polar surface area (TPSA) is 61.5 Å². The van der Waals surface area contributed by atoms with Crippen LogP contribution >= 0.6 is 15.9 Å². The Labute approximate surface area is 135 Å². The molecule has 0 aliphatic carbocycles. The number of esters is 1. The molecule has 5 heteroatoms. The van der Waals surface area contributed by atoms with Crippen LogP contribution in [0, 0.1) is 12.8 Å². The van der Waals surface area contributed by atoms with Crippen molar-refractivity contribution in [2.24, 2.45) is 11.7 Å². The Morgan fingerprint density at radius 2 is 2.10 bits per heavy atom. The number of ether oxygens (including phenoxy) is 2. The summed E-state index contributed by atoms with van der Waals surface area (Å²) < 4.78 is 11.4. The van der Waals surface area contributed by atoms with Crippen LogP contribution < -0.4 is 10.5 Å². The third-order valence-corrected chi connectivity index (χ3v) is 4.24. The average molecular weight is 358 g/mol. The highest BCUT2D eigenvalue weighted by molar-refractivity contribution is 9.10. The third kappa shape index (κ3) is 5.32. The Morgan fingerprint density at radius 1 is 1.43 bits per heavy atom. The Bertz CT molecular complexity index is 491. The second-order valence-electron chi connectivity index (χ2n) is 5.30. The van der Waals surface area contributed by atoms with Gasteiger partial charge in [0.15, 0.2) is 0 Å². The summed E-state index contributed by atoms with van der Waals surface area (Å²) in [6, 6.07) is 3.78. The number of halogens is 1. The maximum absolute atomic E-state index is 11.5. The Balaban J connectivity index is 2.77. The number of methoxy groups -OCH3 is 1. The largest absolute Gasteiger partial charge is 0.496 e. The van der Waals surface area contributed by atoms with Gasteiger partial charge in [-0.1, -0.05) is 22.9 Å². The zero-order valence-corrected chi connectivity index (χ0v) is 14.7. The van der Waals surface area contributed by atoms with Gasteiger partial charge in [0.1, 0.15) is 5.75 Å². The molecule has 0 radical (unpaired) electrons. The lowest BCUT2D eigenvalue weighted by Gasteiger charge is -2.20. The summed E-state index contributed by atoms with van der Waals surface area (Å²) in [5, 5.41) is 0. The molecule has 0 heterocycles. The van der Waals surface area contributed by atoms with Crippen molar-refractivity contribution in [3.63, 3.8) is 0 Å². The molecule has 2 unspecified atom stereocenters. The highest BCUT2D eigenvalue weighted by atomic mass is 79.9. The summed E-state index contributed by atoms with van der Waals surface area (Å²) in [7, 11) is 1.64. The third-order valence-electron chi connectivity index (χ3n) is 3.39. The number of hydrogen-bond acceptors (Lipinski definition) is 4. The smallest absolute Gasteiger partial charge is 0.306 e. The minimum absolute atomic E-state index is 0.156. The van der Waals surface area contributed by atoms with Crippen LogP contribution in [0.4, 0.5) is 0 Å². The van der Waals surface area contributed by atoms with Crippen molar-refractivity contribution >= 4 is 21.9 Å². The molecule has 0 saturated heterocycles. The lowest BCUT2D eigenvalue weighted by molar-refractivity contribution is -0.144. The van der Waals surface area contributed by atoms with E-state index in [1.807, 2.05) is 32.9 Å². The quantitative estimate of drug-likeness (QED) is 0.755. The van der Waals surface area contributed by atoms with Crippen LogP contribution in [0.5, 0.6) is 5.75 Å². The molecule has 1 aromatic carbocycles. The first-order chi connectivity index (χ1) is 9.88. The molecular formula is C16H24BrNO3. The van der Waals surface area contributed by atoms with E-state index in [1.165, 1.54) is 0 Å². The number of benzene rings is 1. The molecule has 2 atom stereocenters. The summed E-state index contributed by atoms with van der Waals surface area (Å²) in [6.07, 6.45) is 1.08. The van der Waals surface area contributed by atoms with E-state index < -0.39 is 0 Å². The molecular weight excluding hydrogens is 334 g/mol. The van der Waals surface area contributed by atoms with Crippen molar-refractivity contribution in [3.05, 3.63) is 27.7 Å². The maximum Gasteiger partial charge on any atom is 0.306 e. The Kier molecular flexibility index (Phi) is 7.18. The van der Waals surface area contributed by atoms with Crippen molar-refractivity contribution < 1.29 is 14.3 Å². The minimum Gasteiger partial charge on any atom is -0.496 e. The zero-order valence-electron chi connectivity index (χ0n) is 13.1. The Hall–Kier alpha value is -1.07. The molecule has 0 aliphatic heterocycles. The van der Waals surface area contributed by atoms with Gasteiger partial charge in [-0.15, -0.1) is 0 Å². The zero-order chi connectivity index (χ0) is 16.0. The summed E-state index contributed by atoms with van der Waals surface area (Å²) in [4.78, 5) is 11.5. The van der Waals surface area contributed by atoms with Gasteiger partial charge in [0.25, 0.3) is 0 Å². The van der Waals surface area contributed by atoms with E-state index in [9.17, 15) is 4.79 Å². The average Bonchev–Trinajstić information content (AvgIpc) is 2.41. The highest BCUT2D eigenvalue weighted by Gasteiger charge is 2.19. The predicted octanol–water partition coefficient (Wildman–Crippen LogP) is 3.75. The summed E-state index contributed by atoms with van der Waals surface area (Å²) in [5.74, 6) is 0.768. The number of rotatable bonds is 7. The van der Waals surface area contributed by atoms with Gasteiger partial charge in [-0.3, -0.25) is 4.79 Å². The first kappa shape index (κ1) is 18.0. The SMILES string of the molecule is CCOC(=O)CC(C)CC(N)c1cc(Br)c(C)cc1OC. The lowest BCUT2D eigenvalue weighted by atomic mass is 9.93. The van der Waals surface area contributed by atoms with Crippen LogP contribution in [0.3, 0.4) is 0 Å². The molecule has 1 aromatic rings. The molecule has 0 saturated carbocycles. The molecule has 1 rings (SSSR count). The van der Waals surface area contributed by atoms with Crippen LogP contribution in [-0.4, -0.2) is 19.7 Å². The number of nitrogens with two attached hydrogens (primary N) is 1. The van der Waals surface area contributed by atoms with Crippen molar-refractivity contribution in [1.29, 1.82) is 0 Å². The first-order valence-electron chi connectivity index (χ1n) is 7.14. The van der Waals surface area contributed by atoms with Gasteiger partial charge in [-0.05, 0) is 43.9 Å². The number of aryl methyl sites for hydroxylation is 1. The molecule has 0 fully saturated rings. The van der Waals surface area contributed by atoms with E-state index in [4.69, 9.17) is 15.2 Å². The molecule has 21 heavy (non-hydrogen) atoms. The monoisotopic (exact) mass is 357 g/mol. The van der Waals surface area contributed by atoms with Gasteiger partial charge >= 0.3 is 5.97 Å². The minimum atomic E-state index is -0.179. The Morgan fingerprint density at radius 3 is 2.67 bits per heavy atom. The van der Waals surface area contributed by atoms with Crippen LogP contribution in [-0.2, 0) is 9.53 Å². The predicted molar refractivity (Wildman–Crippen MR) is 87.4 cm³/mol. The standard InChI is InChI=1S/C16H24BrNO3/c1-5-21-16(19)7-10(2)6-14(18)12-9-13(17)11(3)8-15(12)20-4/h8-10,14H,5-7,18H2,1-4H3. The number of hydrogen-bond donors (Lipinski definition) is 1. The van der Waals surface area contributed by atoms with Crippen molar-refractivity contribution in [3.8, 4) is 5.75 Å². The van der Waals surface area contributed by atoms with E-state index in [2.05, 4.69) is 15.9 Å². The van der Waals surface area contributed by atoms with Crippen molar-refractivity contribution in [2.45, 2.75) is 39.7 Å². The van der Waals surface area contributed by atoms with Crippen LogP contribution in [0.2, 0.25) is 0 Å². The van der Waals surface area contributed by atoms with E-state index in [0.717, 1.165) is 21.3 Å². The molecule has 0 aromatic heterocycles. The van der Waals surface area contributed by atoms with E-state index in [0.29, 0.717) is 19.4 Å². The number of carbonyl (C=O) groups excluding carboxylic acids is 1. The fraction of sp³-hybridized carbons (Fsp3) is 0.562. The normalized spacial score (nSPS) is 13.6. The van der Waals surface area contributed by atoms with E-state index in [1.54, 1.807) is 7.11 Å². The first-order valence-corrected chi connectivity index (χ1v) is 7.93. The van der Waals surface area contributed by atoms with Crippen molar-refractivity contribution in [1.82, 2.24) is 0 Å². The molecule has 2 N–H and O–H groups in total. The fourth-order valence-corrected chi connectivity index (χ4v) is 2.65. The van der Waals surface area contributed by atoms with E-state index in [-0.39, 0.29) is 17.9 Å².